The Bertz CT molecular complexity index is 401. The molecule has 0 aliphatic carbocycles. The highest BCUT2D eigenvalue weighted by Crippen LogP contribution is 2.21. The van der Waals surface area contributed by atoms with Crippen LogP contribution in [-0.4, -0.2) is 39.9 Å². The van der Waals surface area contributed by atoms with E-state index in [1.54, 1.807) is 0 Å². The summed E-state index contributed by atoms with van der Waals surface area (Å²) in [6.07, 6.45) is 5.80. The van der Waals surface area contributed by atoms with Gasteiger partial charge in [-0.15, -0.1) is 0 Å². The van der Waals surface area contributed by atoms with Crippen LogP contribution in [0.25, 0.3) is 0 Å². The highest BCUT2D eigenvalue weighted by Gasteiger charge is 2.30. The van der Waals surface area contributed by atoms with E-state index in [2.05, 4.69) is 42.2 Å². The van der Waals surface area contributed by atoms with E-state index in [1.807, 2.05) is 17.9 Å². The Morgan fingerprint density at radius 1 is 1.45 bits per heavy atom. The molecule has 0 bridgehead atoms. The lowest BCUT2D eigenvalue weighted by Gasteiger charge is -2.43. The highest BCUT2D eigenvalue weighted by molar-refractivity contribution is 5.01. The van der Waals surface area contributed by atoms with Crippen molar-refractivity contribution in [2.75, 3.05) is 13.1 Å². The van der Waals surface area contributed by atoms with Crippen LogP contribution in [0, 0.1) is 5.92 Å². The smallest absolute Gasteiger partial charge is 0.0764 e. The number of piperazine rings is 1. The van der Waals surface area contributed by atoms with Crippen molar-refractivity contribution in [1.82, 2.24) is 20.0 Å². The van der Waals surface area contributed by atoms with Crippen LogP contribution in [0.1, 0.15) is 45.7 Å². The minimum atomic E-state index is 0.634. The molecule has 0 aromatic carbocycles. The maximum atomic E-state index is 4.55. The zero-order valence-corrected chi connectivity index (χ0v) is 13.5. The average Bonchev–Trinajstić information content (AvgIpc) is 2.84. The number of hydrogen-bond donors (Lipinski definition) is 1. The molecular weight excluding hydrogens is 248 g/mol. The van der Waals surface area contributed by atoms with Gasteiger partial charge in [0.1, 0.15) is 0 Å². The first-order valence-electron chi connectivity index (χ1n) is 8.10. The van der Waals surface area contributed by atoms with Gasteiger partial charge in [-0.2, -0.15) is 5.10 Å². The summed E-state index contributed by atoms with van der Waals surface area (Å²) in [7, 11) is 1.99. The van der Waals surface area contributed by atoms with E-state index in [-0.39, 0.29) is 0 Å². The standard InChI is InChI=1S/C16H30N4/c1-5-7-14-11-20(12-15-8-9-19(4)18-15)16(10-17-14)13(3)6-2/h8-9,13-14,16-17H,5-7,10-12H2,1-4H3. The van der Waals surface area contributed by atoms with Gasteiger partial charge in [-0.1, -0.05) is 33.6 Å². The molecule has 1 aromatic heterocycles. The van der Waals surface area contributed by atoms with E-state index < -0.39 is 0 Å². The molecule has 2 heterocycles. The van der Waals surface area contributed by atoms with E-state index in [0.29, 0.717) is 12.1 Å². The molecule has 3 unspecified atom stereocenters. The molecule has 0 radical (unpaired) electrons. The van der Waals surface area contributed by atoms with E-state index >= 15 is 0 Å². The van der Waals surface area contributed by atoms with Crippen molar-refractivity contribution in [3.63, 3.8) is 0 Å². The van der Waals surface area contributed by atoms with Crippen molar-refractivity contribution in [3.05, 3.63) is 18.0 Å². The first kappa shape index (κ1) is 15.5. The highest BCUT2D eigenvalue weighted by atomic mass is 15.3. The van der Waals surface area contributed by atoms with Crippen molar-refractivity contribution in [1.29, 1.82) is 0 Å². The summed E-state index contributed by atoms with van der Waals surface area (Å²) in [5.74, 6) is 0.730. The van der Waals surface area contributed by atoms with Gasteiger partial charge in [0, 0.05) is 45.0 Å². The molecule has 1 saturated heterocycles. The molecule has 0 saturated carbocycles. The maximum absolute atomic E-state index is 4.55. The van der Waals surface area contributed by atoms with Crippen molar-refractivity contribution >= 4 is 0 Å². The quantitative estimate of drug-likeness (QED) is 0.867. The predicted octanol–water partition coefficient (Wildman–Crippen LogP) is 2.41. The molecule has 114 valence electrons. The third-order valence-corrected chi connectivity index (χ3v) is 4.61. The Hall–Kier alpha value is -0.870. The number of aryl methyl sites for hydroxylation is 1. The van der Waals surface area contributed by atoms with Crippen LogP contribution in [0.15, 0.2) is 12.3 Å². The first-order chi connectivity index (χ1) is 9.63. The summed E-state index contributed by atoms with van der Waals surface area (Å²) < 4.78 is 1.90. The maximum Gasteiger partial charge on any atom is 0.0764 e. The molecule has 4 heteroatoms. The molecular formula is C16H30N4. The SMILES string of the molecule is CCCC1CN(Cc2ccn(C)n2)C(C(C)CC)CN1. The van der Waals surface area contributed by atoms with Crippen LogP contribution in [0.3, 0.4) is 0 Å². The minimum absolute atomic E-state index is 0.634. The molecule has 0 amide bonds. The fraction of sp³-hybridized carbons (Fsp3) is 0.812. The van der Waals surface area contributed by atoms with Crippen molar-refractivity contribution in [3.8, 4) is 0 Å². The fourth-order valence-electron chi connectivity index (χ4n) is 3.21. The fourth-order valence-corrected chi connectivity index (χ4v) is 3.21. The second kappa shape index (κ2) is 7.23. The predicted molar refractivity (Wildman–Crippen MR) is 83.6 cm³/mol. The van der Waals surface area contributed by atoms with Crippen molar-refractivity contribution in [2.24, 2.45) is 13.0 Å². The molecule has 20 heavy (non-hydrogen) atoms. The summed E-state index contributed by atoms with van der Waals surface area (Å²) in [6.45, 7) is 10.2. The van der Waals surface area contributed by atoms with Gasteiger partial charge in [0.05, 0.1) is 5.69 Å². The number of hydrogen-bond acceptors (Lipinski definition) is 3. The van der Waals surface area contributed by atoms with E-state index in [0.717, 1.165) is 25.6 Å². The van der Waals surface area contributed by atoms with Gasteiger partial charge in [0.25, 0.3) is 0 Å². The third kappa shape index (κ3) is 3.83. The summed E-state index contributed by atoms with van der Waals surface area (Å²) in [5.41, 5.74) is 1.19. The van der Waals surface area contributed by atoms with Gasteiger partial charge in [-0.3, -0.25) is 9.58 Å². The molecule has 1 aromatic rings. The van der Waals surface area contributed by atoms with Crippen LogP contribution in [0.5, 0.6) is 0 Å². The zero-order chi connectivity index (χ0) is 14.5. The molecule has 4 nitrogen and oxygen atoms in total. The number of rotatable bonds is 6. The summed E-state index contributed by atoms with van der Waals surface area (Å²) >= 11 is 0. The second-order valence-electron chi connectivity index (χ2n) is 6.26. The lowest BCUT2D eigenvalue weighted by atomic mass is 9.93. The molecule has 1 aliphatic rings. The summed E-state index contributed by atoms with van der Waals surface area (Å²) in [5, 5.41) is 8.29. The lowest BCUT2D eigenvalue weighted by Crippen LogP contribution is -2.58. The molecule has 2 rings (SSSR count). The second-order valence-corrected chi connectivity index (χ2v) is 6.26. The molecule has 0 spiro atoms. The van der Waals surface area contributed by atoms with Gasteiger partial charge in [-0.05, 0) is 18.4 Å². The Kier molecular flexibility index (Phi) is 5.61. The molecule has 1 N–H and O–H groups in total. The van der Waals surface area contributed by atoms with Crippen molar-refractivity contribution < 1.29 is 0 Å². The van der Waals surface area contributed by atoms with Crippen LogP contribution < -0.4 is 5.32 Å². The number of nitrogens with zero attached hydrogens (tertiary/aromatic N) is 3. The topological polar surface area (TPSA) is 33.1 Å². The summed E-state index contributed by atoms with van der Waals surface area (Å²) in [4.78, 5) is 2.65. The Morgan fingerprint density at radius 3 is 2.85 bits per heavy atom. The van der Waals surface area contributed by atoms with Gasteiger partial charge in [-0.25, -0.2) is 0 Å². The van der Waals surface area contributed by atoms with Crippen LogP contribution in [0.4, 0.5) is 0 Å². The normalized spacial score (nSPS) is 25.8. The Morgan fingerprint density at radius 2 is 2.25 bits per heavy atom. The number of nitrogens with one attached hydrogen (secondary N) is 1. The lowest BCUT2D eigenvalue weighted by molar-refractivity contribution is 0.0805. The Labute approximate surface area is 123 Å². The zero-order valence-electron chi connectivity index (χ0n) is 13.5. The van der Waals surface area contributed by atoms with Gasteiger partial charge in [0.15, 0.2) is 0 Å². The van der Waals surface area contributed by atoms with Gasteiger partial charge >= 0.3 is 0 Å². The van der Waals surface area contributed by atoms with Crippen LogP contribution in [0.2, 0.25) is 0 Å². The van der Waals surface area contributed by atoms with E-state index in [4.69, 9.17) is 0 Å². The van der Waals surface area contributed by atoms with E-state index in [1.165, 1.54) is 25.0 Å². The molecule has 1 fully saturated rings. The van der Waals surface area contributed by atoms with Gasteiger partial charge in [0.2, 0.25) is 0 Å². The number of aromatic nitrogens is 2. The molecule has 1 aliphatic heterocycles. The molecule has 3 atom stereocenters. The van der Waals surface area contributed by atoms with E-state index in [9.17, 15) is 0 Å². The van der Waals surface area contributed by atoms with Gasteiger partial charge < -0.3 is 5.32 Å². The van der Waals surface area contributed by atoms with Crippen LogP contribution >= 0.6 is 0 Å². The summed E-state index contributed by atoms with van der Waals surface area (Å²) in [6, 6.07) is 3.42. The third-order valence-electron chi connectivity index (χ3n) is 4.61. The first-order valence-corrected chi connectivity index (χ1v) is 8.10. The van der Waals surface area contributed by atoms with Crippen LogP contribution in [-0.2, 0) is 13.6 Å². The Balaban J connectivity index is 2.04. The average molecular weight is 278 g/mol. The largest absolute Gasteiger partial charge is 0.311 e. The van der Waals surface area contributed by atoms with Crippen molar-refractivity contribution in [2.45, 2.75) is 58.7 Å². The minimum Gasteiger partial charge on any atom is -0.311 e. The monoisotopic (exact) mass is 278 g/mol.